The van der Waals surface area contributed by atoms with Crippen LogP contribution < -0.4 is 10.1 Å². The summed E-state index contributed by atoms with van der Waals surface area (Å²) in [5, 5.41) is 3.90. The lowest BCUT2D eigenvalue weighted by Gasteiger charge is -2.12. The maximum atomic E-state index is 13.6. The van der Waals surface area contributed by atoms with E-state index in [1.165, 1.54) is 35.4 Å². The van der Waals surface area contributed by atoms with Gasteiger partial charge in [0.15, 0.2) is 0 Å². The van der Waals surface area contributed by atoms with Crippen molar-refractivity contribution in [2.24, 2.45) is 4.99 Å². The fourth-order valence-electron chi connectivity index (χ4n) is 4.77. The second-order valence-corrected chi connectivity index (χ2v) is 11.2. The number of hydrogen-bond acceptors (Lipinski definition) is 4. The van der Waals surface area contributed by atoms with Crippen molar-refractivity contribution in [3.63, 3.8) is 0 Å². The van der Waals surface area contributed by atoms with Crippen LogP contribution in [0.4, 0.5) is 15.1 Å². The van der Waals surface area contributed by atoms with Gasteiger partial charge in [0, 0.05) is 16.8 Å². The number of nitrogens with zero attached hydrogens (tertiary/aromatic N) is 1. The number of anilines is 1. The Kier molecular flexibility index (Phi) is 8.52. The van der Waals surface area contributed by atoms with Gasteiger partial charge in [0.2, 0.25) is 0 Å². The number of ether oxygens (including phenoxy) is 1. The quantitative estimate of drug-likeness (QED) is 0.238. The van der Waals surface area contributed by atoms with Gasteiger partial charge in [-0.1, -0.05) is 31.0 Å². The number of aryl methyl sites for hydroxylation is 3. The van der Waals surface area contributed by atoms with Crippen LogP contribution in [0.1, 0.15) is 68.7 Å². The molecule has 1 aliphatic carbocycles. The molecule has 39 heavy (non-hydrogen) atoms. The van der Waals surface area contributed by atoms with Crippen molar-refractivity contribution in [1.82, 2.24) is 0 Å². The summed E-state index contributed by atoms with van der Waals surface area (Å²) in [6.07, 6.45) is 8.40. The normalized spacial score (nSPS) is 13.5. The summed E-state index contributed by atoms with van der Waals surface area (Å²) < 4.78 is 18.9. The minimum atomic E-state index is -0.258. The molecule has 1 N–H and O–H groups in total. The number of fused-ring (bicyclic) bond motifs is 1. The number of rotatable bonds is 7. The van der Waals surface area contributed by atoms with Crippen LogP contribution in [0.2, 0.25) is 0 Å². The van der Waals surface area contributed by atoms with Gasteiger partial charge in [-0.2, -0.15) is 0 Å². The summed E-state index contributed by atoms with van der Waals surface area (Å²) >= 11 is 1.65. The highest BCUT2D eigenvalue weighted by molar-refractivity contribution is 7.16. The zero-order valence-corrected chi connectivity index (χ0v) is 23.2. The zero-order chi connectivity index (χ0) is 27.2. The van der Waals surface area contributed by atoms with E-state index in [1.807, 2.05) is 48.7 Å². The smallest absolute Gasteiger partial charge is 0.259 e. The largest absolute Gasteiger partial charge is 0.489 e. The minimum absolute atomic E-state index is 0.0898. The lowest BCUT2D eigenvalue weighted by atomic mass is 9.96. The maximum Gasteiger partial charge on any atom is 0.259 e. The number of hydrogen-bond donors (Lipinski definition) is 1. The summed E-state index contributed by atoms with van der Waals surface area (Å²) in [6, 6.07) is 20.0. The number of carbonyl (C=O) groups is 1. The SMILES string of the molecule is Cc1ccc(NC(=O)c2c(N=Cc3ccc(OCc4ccc(F)cc4)cc3)sc3c2CCCCCC3)cc1C. The molecule has 4 aromatic rings. The standard InChI is InChI=1S/C33H33FN2O2S/c1-22-9-16-27(19-23(22)2)36-32(37)31-29-7-5-3-4-6-8-30(29)39-33(31)35-20-24-12-17-28(18-13-24)38-21-25-10-14-26(34)15-11-25/h9-20H,3-8,21H2,1-2H3,(H,36,37). The fraction of sp³-hybridized carbons (Fsp3) is 0.273. The first-order chi connectivity index (χ1) is 19.0. The van der Waals surface area contributed by atoms with Gasteiger partial charge in [0.1, 0.15) is 23.2 Å². The van der Waals surface area contributed by atoms with E-state index >= 15 is 0 Å². The van der Waals surface area contributed by atoms with E-state index in [1.54, 1.807) is 23.5 Å². The second kappa shape index (κ2) is 12.4. The third-order valence-electron chi connectivity index (χ3n) is 7.17. The first-order valence-electron chi connectivity index (χ1n) is 13.5. The van der Waals surface area contributed by atoms with Gasteiger partial charge in [-0.05, 0) is 116 Å². The minimum Gasteiger partial charge on any atom is -0.489 e. The lowest BCUT2D eigenvalue weighted by molar-refractivity contribution is 0.102. The van der Waals surface area contributed by atoms with Crippen LogP contribution >= 0.6 is 11.3 Å². The fourth-order valence-corrected chi connectivity index (χ4v) is 6.00. The maximum absolute atomic E-state index is 13.6. The third kappa shape index (κ3) is 6.82. The Balaban J connectivity index is 1.35. The predicted octanol–water partition coefficient (Wildman–Crippen LogP) is 8.74. The molecule has 3 aromatic carbocycles. The highest BCUT2D eigenvalue weighted by atomic mass is 32.1. The lowest BCUT2D eigenvalue weighted by Crippen LogP contribution is -2.14. The van der Waals surface area contributed by atoms with E-state index in [2.05, 4.69) is 19.2 Å². The molecule has 0 fully saturated rings. The van der Waals surface area contributed by atoms with Crippen molar-refractivity contribution in [1.29, 1.82) is 0 Å². The molecule has 0 aliphatic heterocycles. The number of nitrogens with one attached hydrogen (secondary N) is 1. The van der Waals surface area contributed by atoms with Crippen LogP contribution in [-0.4, -0.2) is 12.1 Å². The molecule has 0 unspecified atom stereocenters. The number of carbonyl (C=O) groups excluding carboxylic acids is 1. The van der Waals surface area contributed by atoms with Crippen molar-refractivity contribution in [3.05, 3.63) is 111 Å². The monoisotopic (exact) mass is 540 g/mol. The van der Waals surface area contributed by atoms with Crippen molar-refractivity contribution >= 4 is 34.1 Å². The van der Waals surface area contributed by atoms with E-state index in [0.717, 1.165) is 64.4 Å². The Morgan fingerprint density at radius 2 is 1.69 bits per heavy atom. The van der Waals surface area contributed by atoms with Crippen molar-refractivity contribution in [2.75, 3.05) is 5.32 Å². The molecular formula is C33H33FN2O2S. The number of thiophene rings is 1. The molecule has 0 spiro atoms. The molecule has 1 aromatic heterocycles. The molecule has 0 saturated carbocycles. The molecule has 0 saturated heterocycles. The molecular weight excluding hydrogens is 507 g/mol. The number of amides is 1. The molecule has 200 valence electrons. The predicted molar refractivity (Wildman–Crippen MR) is 158 cm³/mol. The van der Waals surface area contributed by atoms with Crippen LogP contribution in [0.5, 0.6) is 5.75 Å². The molecule has 1 amide bonds. The third-order valence-corrected chi connectivity index (χ3v) is 8.37. The van der Waals surface area contributed by atoms with Gasteiger partial charge < -0.3 is 10.1 Å². The summed E-state index contributed by atoms with van der Waals surface area (Å²) in [5.74, 6) is 0.378. The van der Waals surface area contributed by atoms with Crippen LogP contribution in [0.25, 0.3) is 0 Å². The topological polar surface area (TPSA) is 50.7 Å². The van der Waals surface area contributed by atoms with Crippen molar-refractivity contribution in [2.45, 2.75) is 59.0 Å². The van der Waals surface area contributed by atoms with E-state index in [0.29, 0.717) is 12.2 Å². The number of benzene rings is 3. The Labute approximate surface area is 233 Å². The van der Waals surface area contributed by atoms with Crippen LogP contribution in [0.3, 0.4) is 0 Å². The van der Waals surface area contributed by atoms with Gasteiger partial charge in [0.25, 0.3) is 5.91 Å². The molecule has 0 bridgehead atoms. The van der Waals surface area contributed by atoms with Crippen LogP contribution in [0.15, 0.2) is 71.7 Å². The van der Waals surface area contributed by atoms with Gasteiger partial charge in [-0.25, -0.2) is 9.38 Å². The van der Waals surface area contributed by atoms with E-state index < -0.39 is 0 Å². The Hall–Kier alpha value is -3.77. The summed E-state index contributed by atoms with van der Waals surface area (Å²) in [4.78, 5) is 19.7. The van der Waals surface area contributed by atoms with Gasteiger partial charge >= 0.3 is 0 Å². The average molecular weight is 541 g/mol. The molecule has 0 atom stereocenters. The van der Waals surface area contributed by atoms with Crippen molar-refractivity contribution < 1.29 is 13.9 Å². The van der Waals surface area contributed by atoms with Gasteiger partial charge in [0.05, 0.1) is 5.56 Å². The number of halogens is 1. The van der Waals surface area contributed by atoms with Gasteiger partial charge in [-0.3, -0.25) is 4.79 Å². The van der Waals surface area contributed by atoms with Crippen molar-refractivity contribution in [3.8, 4) is 5.75 Å². The molecule has 0 radical (unpaired) electrons. The number of aliphatic imine (C=N–C) groups is 1. The van der Waals surface area contributed by atoms with Gasteiger partial charge in [-0.15, -0.1) is 11.3 Å². The van der Waals surface area contributed by atoms with Crippen LogP contribution in [-0.2, 0) is 19.4 Å². The summed E-state index contributed by atoms with van der Waals surface area (Å²) in [7, 11) is 0. The molecule has 4 nitrogen and oxygen atoms in total. The molecule has 6 heteroatoms. The molecule has 5 rings (SSSR count). The first-order valence-corrected chi connectivity index (χ1v) is 14.3. The van der Waals surface area contributed by atoms with E-state index in [-0.39, 0.29) is 11.7 Å². The summed E-state index contributed by atoms with van der Waals surface area (Å²) in [6.45, 7) is 4.49. The summed E-state index contributed by atoms with van der Waals surface area (Å²) in [5.41, 5.74) is 6.86. The Bertz CT molecular complexity index is 1470. The Morgan fingerprint density at radius 1 is 0.949 bits per heavy atom. The van der Waals surface area contributed by atoms with E-state index in [9.17, 15) is 9.18 Å². The van der Waals surface area contributed by atoms with Crippen LogP contribution in [0, 0.1) is 19.7 Å². The zero-order valence-electron chi connectivity index (χ0n) is 22.4. The molecule has 1 aliphatic rings. The van der Waals surface area contributed by atoms with E-state index in [4.69, 9.17) is 9.73 Å². The molecule has 1 heterocycles. The Morgan fingerprint density at radius 3 is 2.44 bits per heavy atom. The second-order valence-electron chi connectivity index (χ2n) is 10.1. The first kappa shape index (κ1) is 26.8. The highest BCUT2D eigenvalue weighted by Gasteiger charge is 2.24. The highest BCUT2D eigenvalue weighted by Crippen LogP contribution is 2.39. The average Bonchev–Trinajstić information content (AvgIpc) is 3.26.